The first-order valence-corrected chi connectivity index (χ1v) is 11.0. The standard InChI is InChI=1S/C25H27FN6/c1-18-6-3-10-23(12-18)32-16-21(24(29-32)19-7-4-9-22(26)13-19)15-31-11-5-8-20(14-31)25-28-27-17-30(25)2/h3-4,6-7,9-10,12-13,16-17,20H,5,8,11,14-15H2,1-2H3/t20-/m1/s1. The van der Waals surface area contributed by atoms with E-state index in [0.29, 0.717) is 5.92 Å². The van der Waals surface area contributed by atoms with Gasteiger partial charge in [0.15, 0.2) is 0 Å². The summed E-state index contributed by atoms with van der Waals surface area (Å²) >= 11 is 0. The van der Waals surface area contributed by atoms with Crippen LogP contribution in [-0.4, -0.2) is 42.5 Å². The zero-order valence-corrected chi connectivity index (χ0v) is 18.4. The molecule has 0 unspecified atom stereocenters. The Morgan fingerprint density at radius 3 is 2.78 bits per heavy atom. The van der Waals surface area contributed by atoms with Crippen molar-refractivity contribution in [2.75, 3.05) is 13.1 Å². The molecule has 0 N–H and O–H groups in total. The molecule has 164 valence electrons. The van der Waals surface area contributed by atoms with E-state index in [1.54, 1.807) is 18.5 Å². The van der Waals surface area contributed by atoms with Gasteiger partial charge < -0.3 is 4.57 Å². The van der Waals surface area contributed by atoms with E-state index in [2.05, 4.69) is 40.4 Å². The van der Waals surface area contributed by atoms with Crippen molar-refractivity contribution in [3.05, 3.63) is 83.8 Å². The van der Waals surface area contributed by atoms with Crippen LogP contribution >= 0.6 is 0 Å². The highest BCUT2D eigenvalue weighted by Crippen LogP contribution is 2.30. The van der Waals surface area contributed by atoms with Crippen molar-refractivity contribution in [2.45, 2.75) is 32.2 Å². The quantitative estimate of drug-likeness (QED) is 0.468. The molecular weight excluding hydrogens is 403 g/mol. The van der Waals surface area contributed by atoms with Crippen molar-refractivity contribution in [1.29, 1.82) is 0 Å². The van der Waals surface area contributed by atoms with Gasteiger partial charge >= 0.3 is 0 Å². The molecule has 32 heavy (non-hydrogen) atoms. The summed E-state index contributed by atoms with van der Waals surface area (Å²) < 4.78 is 17.9. The Bertz CT molecular complexity index is 1230. The summed E-state index contributed by atoms with van der Waals surface area (Å²) in [6, 6.07) is 15.0. The Balaban J connectivity index is 1.47. The molecule has 1 atom stereocenters. The lowest BCUT2D eigenvalue weighted by Crippen LogP contribution is -2.34. The Morgan fingerprint density at radius 1 is 1.12 bits per heavy atom. The molecule has 0 radical (unpaired) electrons. The first kappa shape index (κ1) is 20.6. The average Bonchev–Trinajstić information content (AvgIpc) is 3.40. The molecule has 2 aromatic carbocycles. The molecule has 1 aliphatic heterocycles. The Labute approximate surface area is 187 Å². The van der Waals surface area contributed by atoms with Crippen molar-refractivity contribution in [1.82, 2.24) is 29.4 Å². The lowest BCUT2D eigenvalue weighted by molar-refractivity contribution is 0.195. The number of piperidine rings is 1. The van der Waals surface area contributed by atoms with Gasteiger partial charge in [0.25, 0.3) is 0 Å². The molecule has 0 saturated carbocycles. The number of hydrogen-bond acceptors (Lipinski definition) is 4. The van der Waals surface area contributed by atoms with Crippen LogP contribution in [0.5, 0.6) is 0 Å². The van der Waals surface area contributed by atoms with Crippen LogP contribution in [0.2, 0.25) is 0 Å². The minimum atomic E-state index is -0.251. The molecule has 7 heteroatoms. The highest BCUT2D eigenvalue weighted by atomic mass is 19.1. The Kier molecular flexibility index (Phi) is 5.57. The summed E-state index contributed by atoms with van der Waals surface area (Å²) in [7, 11) is 2.00. The van der Waals surface area contributed by atoms with Crippen LogP contribution in [0.15, 0.2) is 61.1 Å². The second-order valence-electron chi connectivity index (χ2n) is 8.67. The summed E-state index contributed by atoms with van der Waals surface area (Å²) in [5, 5.41) is 13.3. The summed E-state index contributed by atoms with van der Waals surface area (Å²) in [4.78, 5) is 2.45. The molecule has 1 aliphatic rings. The number of rotatable bonds is 5. The van der Waals surface area contributed by atoms with Crippen LogP contribution < -0.4 is 0 Å². The van der Waals surface area contributed by atoms with Crippen LogP contribution in [0.25, 0.3) is 16.9 Å². The normalized spacial score (nSPS) is 17.0. The minimum absolute atomic E-state index is 0.251. The van der Waals surface area contributed by atoms with E-state index in [1.807, 2.05) is 34.5 Å². The Morgan fingerprint density at radius 2 is 2.00 bits per heavy atom. The first-order valence-electron chi connectivity index (χ1n) is 11.0. The van der Waals surface area contributed by atoms with Gasteiger partial charge in [-0.05, 0) is 56.1 Å². The van der Waals surface area contributed by atoms with Crippen LogP contribution in [0.4, 0.5) is 4.39 Å². The predicted octanol–water partition coefficient (Wildman–Crippen LogP) is 4.49. The van der Waals surface area contributed by atoms with Crippen LogP contribution in [0, 0.1) is 12.7 Å². The minimum Gasteiger partial charge on any atom is -0.320 e. The molecule has 0 amide bonds. The number of aryl methyl sites for hydroxylation is 2. The van der Waals surface area contributed by atoms with Gasteiger partial charge in [-0.1, -0.05) is 24.3 Å². The molecule has 2 aromatic heterocycles. The van der Waals surface area contributed by atoms with E-state index in [9.17, 15) is 4.39 Å². The summed E-state index contributed by atoms with van der Waals surface area (Å²) in [5.74, 6) is 1.15. The van der Waals surface area contributed by atoms with Crippen LogP contribution in [0.1, 0.15) is 35.7 Å². The number of aromatic nitrogens is 5. The van der Waals surface area contributed by atoms with Gasteiger partial charge in [0.1, 0.15) is 18.0 Å². The fourth-order valence-electron chi connectivity index (χ4n) is 4.62. The zero-order chi connectivity index (χ0) is 22.1. The lowest BCUT2D eigenvalue weighted by Gasteiger charge is -2.32. The molecule has 0 aliphatic carbocycles. The van der Waals surface area contributed by atoms with Gasteiger partial charge in [-0.2, -0.15) is 5.10 Å². The third kappa shape index (κ3) is 4.21. The molecule has 0 bridgehead atoms. The Hall–Kier alpha value is -3.32. The fourth-order valence-corrected chi connectivity index (χ4v) is 4.62. The van der Waals surface area contributed by atoms with Crippen LogP contribution in [-0.2, 0) is 13.6 Å². The fraction of sp³-hybridized carbons (Fsp3) is 0.320. The lowest BCUT2D eigenvalue weighted by atomic mass is 9.96. The number of likely N-dealkylation sites (tertiary alicyclic amines) is 1. The molecule has 1 saturated heterocycles. The van der Waals surface area contributed by atoms with Crippen molar-refractivity contribution >= 4 is 0 Å². The monoisotopic (exact) mass is 430 g/mol. The zero-order valence-electron chi connectivity index (χ0n) is 18.4. The van der Waals surface area contributed by atoms with Gasteiger partial charge in [0.05, 0.1) is 11.4 Å². The smallest absolute Gasteiger partial charge is 0.136 e. The summed E-state index contributed by atoms with van der Waals surface area (Å²) in [6.07, 6.45) is 6.07. The average molecular weight is 431 g/mol. The number of nitrogens with zero attached hydrogens (tertiary/aromatic N) is 6. The molecule has 0 spiro atoms. The van der Waals surface area contributed by atoms with E-state index >= 15 is 0 Å². The topological polar surface area (TPSA) is 51.8 Å². The highest BCUT2D eigenvalue weighted by Gasteiger charge is 2.26. The maximum Gasteiger partial charge on any atom is 0.136 e. The maximum atomic E-state index is 14.0. The van der Waals surface area contributed by atoms with E-state index in [4.69, 9.17) is 5.10 Å². The number of hydrogen-bond donors (Lipinski definition) is 0. The largest absolute Gasteiger partial charge is 0.320 e. The maximum absolute atomic E-state index is 14.0. The number of halogens is 1. The molecule has 3 heterocycles. The first-order chi connectivity index (χ1) is 15.6. The second kappa shape index (κ2) is 8.67. The van der Waals surface area contributed by atoms with Gasteiger partial charge in [0, 0.05) is 43.4 Å². The van der Waals surface area contributed by atoms with Gasteiger partial charge in [-0.25, -0.2) is 9.07 Å². The molecule has 6 nitrogen and oxygen atoms in total. The van der Waals surface area contributed by atoms with Crippen molar-refractivity contribution in [3.63, 3.8) is 0 Å². The van der Waals surface area contributed by atoms with Crippen molar-refractivity contribution in [2.24, 2.45) is 7.05 Å². The highest BCUT2D eigenvalue weighted by molar-refractivity contribution is 5.63. The number of benzene rings is 2. The third-order valence-corrected chi connectivity index (χ3v) is 6.17. The molecule has 5 rings (SSSR count). The second-order valence-corrected chi connectivity index (χ2v) is 8.67. The van der Waals surface area contributed by atoms with Gasteiger partial charge in [-0.3, -0.25) is 4.90 Å². The summed E-state index contributed by atoms with van der Waals surface area (Å²) in [5.41, 5.74) is 4.90. The molecule has 1 fully saturated rings. The molecular formula is C25H27FN6. The van der Waals surface area contributed by atoms with Crippen molar-refractivity contribution < 1.29 is 4.39 Å². The van der Waals surface area contributed by atoms with Gasteiger partial charge in [-0.15, -0.1) is 10.2 Å². The van der Waals surface area contributed by atoms with E-state index in [1.165, 1.54) is 11.6 Å². The summed E-state index contributed by atoms with van der Waals surface area (Å²) in [6.45, 7) is 4.77. The molecule has 4 aromatic rings. The van der Waals surface area contributed by atoms with E-state index in [-0.39, 0.29) is 5.82 Å². The third-order valence-electron chi connectivity index (χ3n) is 6.17. The van der Waals surface area contributed by atoms with Crippen molar-refractivity contribution in [3.8, 4) is 16.9 Å². The van der Waals surface area contributed by atoms with E-state index < -0.39 is 0 Å². The van der Waals surface area contributed by atoms with Gasteiger partial charge in [0.2, 0.25) is 0 Å². The predicted molar refractivity (Wildman–Crippen MR) is 122 cm³/mol. The van der Waals surface area contributed by atoms with E-state index in [0.717, 1.165) is 60.8 Å². The van der Waals surface area contributed by atoms with Crippen LogP contribution in [0.3, 0.4) is 0 Å². The SMILES string of the molecule is Cc1cccc(-n2cc(CN3CCC[C@@H](c4nncn4C)C3)c(-c3cccc(F)c3)n2)c1.